The summed E-state index contributed by atoms with van der Waals surface area (Å²) in [6, 6.07) is 9.99. The van der Waals surface area contributed by atoms with Crippen LogP contribution in [0.3, 0.4) is 0 Å². The summed E-state index contributed by atoms with van der Waals surface area (Å²) < 4.78 is 19.4. The predicted octanol–water partition coefficient (Wildman–Crippen LogP) is 3.30. The van der Waals surface area contributed by atoms with Crippen molar-refractivity contribution in [1.29, 1.82) is 0 Å². The lowest BCUT2D eigenvalue weighted by Crippen LogP contribution is -2.44. The van der Waals surface area contributed by atoms with Gasteiger partial charge < -0.3 is 15.1 Å². The molecule has 25 heavy (non-hydrogen) atoms. The first-order valence-corrected chi connectivity index (χ1v) is 8.28. The van der Waals surface area contributed by atoms with Gasteiger partial charge in [0.15, 0.2) is 0 Å². The van der Waals surface area contributed by atoms with E-state index in [1.807, 2.05) is 45.0 Å². The van der Waals surface area contributed by atoms with Crippen LogP contribution in [0, 0.1) is 5.82 Å². The molecular formula is C19H26FN3O2. The summed E-state index contributed by atoms with van der Waals surface area (Å²) in [5.41, 5.74) is 0.0713. The predicted molar refractivity (Wildman–Crippen MR) is 96.0 cm³/mol. The minimum Gasteiger partial charge on any atom is -0.468 e. The molecule has 1 atom stereocenters. The Morgan fingerprint density at radius 1 is 1.20 bits per heavy atom. The van der Waals surface area contributed by atoms with Gasteiger partial charge in [-0.05, 0) is 37.9 Å². The molecule has 0 aliphatic rings. The number of hydrogen-bond donors (Lipinski definition) is 2. The number of nitrogens with zero attached hydrogens (tertiary/aromatic N) is 1. The Morgan fingerprint density at radius 3 is 2.52 bits per heavy atom. The minimum atomic E-state index is -0.509. The second kappa shape index (κ2) is 8.16. The van der Waals surface area contributed by atoms with Crippen molar-refractivity contribution in [2.24, 2.45) is 0 Å². The molecular weight excluding hydrogens is 321 g/mol. The molecule has 0 fully saturated rings. The number of amides is 2. The van der Waals surface area contributed by atoms with Gasteiger partial charge in [0.1, 0.15) is 11.6 Å². The fourth-order valence-electron chi connectivity index (χ4n) is 2.68. The van der Waals surface area contributed by atoms with Gasteiger partial charge in [-0.1, -0.05) is 32.0 Å². The summed E-state index contributed by atoms with van der Waals surface area (Å²) in [7, 11) is 3.85. The van der Waals surface area contributed by atoms with Crippen LogP contribution in [-0.4, -0.2) is 38.1 Å². The summed E-state index contributed by atoms with van der Waals surface area (Å²) in [5.74, 6) is 0.525. The molecule has 2 N–H and O–H groups in total. The van der Waals surface area contributed by atoms with E-state index in [4.69, 9.17) is 4.42 Å². The Bertz CT molecular complexity index is 684. The molecule has 0 bridgehead atoms. The Kier molecular flexibility index (Phi) is 6.20. The summed E-state index contributed by atoms with van der Waals surface area (Å²) in [4.78, 5) is 14.1. The van der Waals surface area contributed by atoms with Gasteiger partial charge in [0.2, 0.25) is 0 Å². The van der Waals surface area contributed by atoms with E-state index in [-0.39, 0.29) is 17.9 Å². The van der Waals surface area contributed by atoms with Gasteiger partial charge in [0.25, 0.3) is 0 Å². The number of carbonyl (C=O) groups is 1. The van der Waals surface area contributed by atoms with E-state index in [0.29, 0.717) is 18.7 Å². The molecule has 0 saturated carbocycles. The van der Waals surface area contributed by atoms with E-state index in [9.17, 15) is 9.18 Å². The van der Waals surface area contributed by atoms with Crippen LogP contribution < -0.4 is 10.6 Å². The number of urea groups is 1. The van der Waals surface area contributed by atoms with Gasteiger partial charge in [0.05, 0.1) is 12.3 Å². The monoisotopic (exact) mass is 347 g/mol. The standard InChI is InChI=1S/C19H26FN3O2/c1-19(2,14-8-5-6-9-15(14)20)13-22-18(24)21-12-16(23(3)4)17-10-7-11-25-17/h5-11,16H,12-13H2,1-4H3,(H2,21,22,24). The first-order valence-electron chi connectivity index (χ1n) is 8.28. The summed E-state index contributed by atoms with van der Waals surface area (Å²) >= 11 is 0. The maximum Gasteiger partial charge on any atom is 0.314 e. The minimum absolute atomic E-state index is 0.0553. The molecule has 1 aromatic carbocycles. The van der Waals surface area contributed by atoms with Crippen molar-refractivity contribution in [3.63, 3.8) is 0 Å². The van der Waals surface area contributed by atoms with Crippen LogP contribution in [0.15, 0.2) is 47.1 Å². The second-order valence-electron chi connectivity index (χ2n) is 6.92. The van der Waals surface area contributed by atoms with Crippen LogP contribution in [0.4, 0.5) is 9.18 Å². The lowest BCUT2D eigenvalue weighted by Gasteiger charge is -2.27. The van der Waals surface area contributed by atoms with Crippen molar-refractivity contribution < 1.29 is 13.6 Å². The molecule has 0 aliphatic carbocycles. The first-order chi connectivity index (χ1) is 11.8. The molecule has 1 unspecified atom stereocenters. The summed E-state index contributed by atoms with van der Waals surface area (Å²) in [5, 5.41) is 5.67. The van der Waals surface area contributed by atoms with Crippen LogP contribution in [0.25, 0.3) is 0 Å². The SMILES string of the molecule is CN(C)C(CNC(=O)NCC(C)(C)c1ccccc1F)c1ccco1. The van der Waals surface area contributed by atoms with Crippen molar-refractivity contribution in [2.75, 3.05) is 27.2 Å². The molecule has 0 spiro atoms. The zero-order valence-electron chi connectivity index (χ0n) is 15.2. The number of halogens is 1. The maximum atomic E-state index is 14.0. The largest absolute Gasteiger partial charge is 0.468 e. The molecule has 5 nitrogen and oxygen atoms in total. The molecule has 2 aromatic rings. The van der Waals surface area contributed by atoms with E-state index < -0.39 is 5.41 Å². The highest BCUT2D eigenvalue weighted by Crippen LogP contribution is 2.24. The van der Waals surface area contributed by atoms with E-state index in [2.05, 4.69) is 10.6 Å². The highest BCUT2D eigenvalue weighted by molar-refractivity contribution is 5.74. The molecule has 2 rings (SSSR count). The van der Waals surface area contributed by atoms with E-state index in [1.165, 1.54) is 6.07 Å². The number of benzene rings is 1. The van der Waals surface area contributed by atoms with Crippen molar-refractivity contribution in [3.05, 3.63) is 59.8 Å². The van der Waals surface area contributed by atoms with Crippen molar-refractivity contribution in [1.82, 2.24) is 15.5 Å². The summed E-state index contributed by atoms with van der Waals surface area (Å²) in [6.07, 6.45) is 1.61. The molecule has 136 valence electrons. The van der Waals surface area contributed by atoms with Gasteiger partial charge in [-0.15, -0.1) is 0 Å². The second-order valence-corrected chi connectivity index (χ2v) is 6.92. The zero-order chi connectivity index (χ0) is 18.4. The van der Waals surface area contributed by atoms with Crippen molar-refractivity contribution in [2.45, 2.75) is 25.3 Å². The fraction of sp³-hybridized carbons (Fsp3) is 0.421. The number of nitrogens with one attached hydrogen (secondary N) is 2. The third kappa shape index (κ3) is 5.06. The summed E-state index contributed by atoms with van der Waals surface area (Å²) in [6.45, 7) is 4.54. The third-order valence-electron chi connectivity index (χ3n) is 4.24. The lowest BCUT2D eigenvalue weighted by atomic mass is 9.84. The van der Waals surface area contributed by atoms with Crippen molar-refractivity contribution in [3.8, 4) is 0 Å². The Labute approximate surface area is 148 Å². The number of rotatable bonds is 7. The van der Waals surface area contributed by atoms with Gasteiger partial charge in [0, 0.05) is 18.5 Å². The molecule has 1 aromatic heterocycles. The molecule has 0 aliphatic heterocycles. The van der Waals surface area contributed by atoms with Gasteiger partial charge >= 0.3 is 6.03 Å². The number of hydrogen-bond acceptors (Lipinski definition) is 3. The molecule has 1 heterocycles. The van der Waals surface area contributed by atoms with Crippen LogP contribution in [-0.2, 0) is 5.41 Å². The van der Waals surface area contributed by atoms with Crippen LogP contribution >= 0.6 is 0 Å². The number of carbonyl (C=O) groups excluding carboxylic acids is 1. The van der Waals surface area contributed by atoms with Crippen LogP contribution in [0.5, 0.6) is 0 Å². The van der Waals surface area contributed by atoms with Crippen molar-refractivity contribution >= 4 is 6.03 Å². The average Bonchev–Trinajstić information content (AvgIpc) is 3.07. The Morgan fingerprint density at radius 2 is 1.92 bits per heavy atom. The molecule has 2 amide bonds. The normalized spacial score (nSPS) is 12.9. The molecule has 6 heteroatoms. The Balaban J connectivity index is 1.89. The van der Waals surface area contributed by atoms with Gasteiger partial charge in [-0.3, -0.25) is 4.90 Å². The quantitative estimate of drug-likeness (QED) is 0.808. The van der Waals surface area contributed by atoms with E-state index in [1.54, 1.807) is 24.5 Å². The molecule has 0 saturated heterocycles. The maximum absolute atomic E-state index is 14.0. The van der Waals surface area contributed by atoms with E-state index in [0.717, 1.165) is 5.76 Å². The van der Waals surface area contributed by atoms with Gasteiger partial charge in [-0.25, -0.2) is 9.18 Å². The van der Waals surface area contributed by atoms with Crippen LogP contribution in [0.2, 0.25) is 0 Å². The first kappa shape index (κ1) is 19.0. The van der Waals surface area contributed by atoms with Gasteiger partial charge in [-0.2, -0.15) is 0 Å². The zero-order valence-corrected chi connectivity index (χ0v) is 15.2. The number of furan rings is 1. The average molecular weight is 347 g/mol. The van der Waals surface area contributed by atoms with E-state index >= 15 is 0 Å². The third-order valence-corrected chi connectivity index (χ3v) is 4.24. The lowest BCUT2D eigenvalue weighted by molar-refractivity contribution is 0.223. The van der Waals surface area contributed by atoms with Crippen LogP contribution in [0.1, 0.15) is 31.2 Å². The molecule has 0 radical (unpaired) electrons. The Hall–Kier alpha value is -2.34. The fourth-order valence-corrected chi connectivity index (χ4v) is 2.68. The number of likely N-dealkylation sites (N-methyl/N-ethyl adjacent to an activating group) is 1. The topological polar surface area (TPSA) is 57.5 Å². The highest BCUT2D eigenvalue weighted by atomic mass is 19.1. The smallest absolute Gasteiger partial charge is 0.314 e. The highest BCUT2D eigenvalue weighted by Gasteiger charge is 2.25.